The van der Waals surface area contributed by atoms with Gasteiger partial charge in [0.25, 0.3) is 0 Å². The molecule has 1 aromatic rings. The van der Waals surface area contributed by atoms with Crippen molar-refractivity contribution in [2.45, 2.75) is 37.5 Å². The SMILES string of the molecule is CCCN1CCS[C@H]2c3cc(O)ccc3CC[C@@H]21. The van der Waals surface area contributed by atoms with Gasteiger partial charge in [0.1, 0.15) is 5.75 Å². The van der Waals surface area contributed by atoms with Crippen LogP contribution in [0.5, 0.6) is 5.75 Å². The molecular formula is C15H21NOS. The Morgan fingerprint density at radius 3 is 3.17 bits per heavy atom. The number of thioether (sulfide) groups is 1. The van der Waals surface area contributed by atoms with Gasteiger partial charge in [0.15, 0.2) is 0 Å². The van der Waals surface area contributed by atoms with E-state index in [1.165, 1.54) is 42.8 Å². The highest BCUT2D eigenvalue weighted by molar-refractivity contribution is 7.99. The number of benzene rings is 1. The number of fused-ring (bicyclic) bond motifs is 3. The topological polar surface area (TPSA) is 23.5 Å². The summed E-state index contributed by atoms with van der Waals surface area (Å²) in [5.74, 6) is 1.64. The molecule has 0 unspecified atom stereocenters. The summed E-state index contributed by atoms with van der Waals surface area (Å²) in [5.41, 5.74) is 2.83. The third-order valence-corrected chi connectivity index (χ3v) is 5.50. The molecular weight excluding hydrogens is 242 g/mol. The highest BCUT2D eigenvalue weighted by Gasteiger charge is 2.36. The van der Waals surface area contributed by atoms with Crippen molar-refractivity contribution in [3.63, 3.8) is 0 Å². The number of aromatic hydroxyl groups is 1. The van der Waals surface area contributed by atoms with Gasteiger partial charge >= 0.3 is 0 Å². The van der Waals surface area contributed by atoms with Gasteiger partial charge in [0, 0.05) is 23.6 Å². The molecule has 0 amide bonds. The number of phenolic OH excluding ortho intramolecular Hbond substituents is 1. The van der Waals surface area contributed by atoms with Crippen LogP contribution in [0, 0.1) is 0 Å². The van der Waals surface area contributed by atoms with Crippen LogP contribution in [0.4, 0.5) is 0 Å². The van der Waals surface area contributed by atoms with Crippen molar-refractivity contribution in [3.8, 4) is 5.75 Å². The van der Waals surface area contributed by atoms with Gasteiger partial charge < -0.3 is 5.11 Å². The van der Waals surface area contributed by atoms with E-state index in [9.17, 15) is 5.11 Å². The van der Waals surface area contributed by atoms with Gasteiger partial charge in [0.2, 0.25) is 0 Å². The highest BCUT2D eigenvalue weighted by Crippen LogP contribution is 2.45. The molecule has 3 rings (SSSR count). The predicted molar refractivity (Wildman–Crippen MR) is 77.3 cm³/mol. The second-order valence-electron chi connectivity index (χ2n) is 5.32. The normalized spacial score (nSPS) is 27.6. The lowest BCUT2D eigenvalue weighted by Crippen LogP contribution is -2.46. The van der Waals surface area contributed by atoms with E-state index in [0.717, 1.165) is 6.42 Å². The fourth-order valence-corrected chi connectivity index (χ4v) is 4.86. The summed E-state index contributed by atoms with van der Waals surface area (Å²) in [6, 6.07) is 6.61. The van der Waals surface area contributed by atoms with E-state index in [2.05, 4.69) is 29.7 Å². The molecule has 1 aliphatic heterocycles. The van der Waals surface area contributed by atoms with Crippen molar-refractivity contribution in [2.24, 2.45) is 0 Å². The molecule has 1 aliphatic carbocycles. The molecule has 1 saturated heterocycles. The van der Waals surface area contributed by atoms with Crippen molar-refractivity contribution in [3.05, 3.63) is 29.3 Å². The Morgan fingerprint density at radius 1 is 1.44 bits per heavy atom. The third kappa shape index (κ3) is 2.14. The van der Waals surface area contributed by atoms with Gasteiger partial charge in [-0.3, -0.25) is 4.90 Å². The van der Waals surface area contributed by atoms with Gasteiger partial charge in [0.05, 0.1) is 0 Å². The van der Waals surface area contributed by atoms with Crippen LogP contribution in [0.3, 0.4) is 0 Å². The minimum atomic E-state index is 0.419. The van der Waals surface area contributed by atoms with Crippen LogP contribution in [-0.4, -0.2) is 34.9 Å². The van der Waals surface area contributed by atoms with Crippen molar-refractivity contribution in [1.82, 2.24) is 4.90 Å². The maximum absolute atomic E-state index is 9.72. The first kappa shape index (κ1) is 12.4. The van der Waals surface area contributed by atoms with Crippen LogP contribution in [0.2, 0.25) is 0 Å². The average Bonchev–Trinajstić information content (AvgIpc) is 2.39. The largest absolute Gasteiger partial charge is 0.508 e. The Kier molecular flexibility index (Phi) is 3.53. The molecule has 1 aromatic carbocycles. The molecule has 98 valence electrons. The number of nitrogens with zero attached hydrogens (tertiary/aromatic N) is 1. The molecule has 2 atom stereocenters. The molecule has 3 heteroatoms. The van der Waals surface area contributed by atoms with E-state index in [1.807, 2.05) is 12.1 Å². The molecule has 2 aliphatic rings. The Hall–Kier alpha value is -0.670. The van der Waals surface area contributed by atoms with Crippen LogP contribution < -0.4 is 0 Å². The molecule has 0 bridgehead atoms. The lowest BCUT2D eigenvalue weighted by molar-refractivity contribution is 0.180. The summed E-state index contributed by atoms with van der Waals surface area (Å²) in [6.45, 7) is 4.71. The Bertz CT molecular complexity index is 433. The molecule has 1 N–H and O–H groups in total. The summed E-state index contributed by atoms with van der Waals surface area (Å²) in [5, 5.41) is 10.3. The molecule has 1 fully saturated rings. The Morgan fingerprint density at radius 2 is 2.33 bits per heavy atom. The van der Waals surface area contributed by atoms with E-state index in [0.29, 0.717) is 17.0 Å². The maximum atomic E-state index is 9.72. The minimum Gasteiger partial charge on any atom is -0.508 e. The van der Waals surface area contributed by atoms with E-state index < -0.39 is 0 Å². The zero-order valence-electron chi connectivity index (χ0n) is 10.9. The average molecular weight is 263 g/mol. The first-order valence-electron chi connectivity index (χ1n) is 6.97. The fraction of sp³-hybridized carbons (Fsp3) is 0.600. The van der Waals surface area contributed by atoms with Crippen LogP contribution >= 0.6 is 11.8 Å². The summed E-state index contributed by atoms with van der Waals surface area (Å²) < 4.78 is 0. The molecule has 0 saturated carbocycles. The molecule has 1 heterocycles. The minimum absolute atomic E-state index is 0.419. The molecule has 0 aromatic heterocycles. The lowest BCUT2D eigenvalue weighted by Gasteiger charge is -2.44. The Balaban J connectivity index is 1.91. The molecule has 0 radical (unpaired) electrons. The summed E-state index contributed by atoms with van der Waals surface area (Å²) in [7, 11) is 0. The van der Waals surface area contributed by atoms with Crippen molar-refractivity contribution in [2.75, 3.05) is 18.8 Å². The standard InChI is InChI=1S/C15H21NOS/c1-2-7-16-8-9-18-15-13-10-12(17)5-3-11(13)4-6-14(15)16/h3,5,10,14-15,17H,2,4,6-9H2,1H3/t14-,15-/m0/s1. The van der Waals surface area contributed by atoms with Crippen molar-refractivity contribution in [1.29, 1.82) is 0 Å². The van der Waals surface area contributed by atoms with Crippen LogP contribution in [-0.2, 0) is 6.42 Å². The van der Waals surface area contributed by atoms with Crippen molar-refractivity contribution >= 4 is 11.8 Å². The van der Waals surface area contributed by atoms with Gasteiger partial charge in [-0.1, -0.05) is 13.0 Å². The number of aryl methyl sites for hydroxylation is 1. The van der Waals surface area contributed by atoms with Crippen LogP contribution in [0.25, 0.3) is 0 Å². The summed E-state index contributed by atoms with van der Waals surface area (Å²) in [4.78, 5) is 2.66. The molecule has 0 spiro atoms. The number of hydrogen-bond donors (Lipinski definition) is 1. The van der Waals surface area contributed by atoms with E-state index in [1.54, 1.807) is 0 Å². The maximum Gasteiger partial charge on any atom is 0.115 e. The smallest absolute Gasteiger partial charge is 0.115 e. The second kappa shape index (κ2) is 5.14. The van der Waals surface area contributed by atoms with E-state index >= 15 is 0 Å². The summed E-state index contributed by atoms with van der Waals surface area (Å²) in [6.07, 6.45) is 3.67. The Labute approximate surface area is 113 Å². The second-order valence-corrected chi connectivity index (χ2v) is 6.57. The third-order valence-electron chi connectivity index (χ3n) is 4.15. The quantitative estimate of drug-likeness (QED) is 0.886. The number of hydrogen-bond acceptors (Lipinski definition) is 3. The summed E-state index contributed by atoms with van der Waals surface area (Å²) >= 11 is 2.08. The monoisotopic (exact) mass is 263 g/mol. The zero-order valence-corrected chi connectivity index (χ0v) is 11.7. The van der Waals surface area contributed by atoms with Gasteiger partial charge in [-0.25, -0.2) is 0 Å². The zero-order chi connectivity index (χ0) is 12.5. The van der Waals surface area contributed by atoms with Crippen LogP contribution in [0.15, 0.2) is 18.2 Å². The van der Waals surface area contributed by atoms with Crippen LogP contribution in [0.1, 0.15) is 36.1 Å². The first-order chi connectivity index (χ1) is 8.79. The number of phenols is 1. The van der Waals surface area contributed by atoms with Gasteiger partial charge in [-0.05, 0) is 49.1 Å². The molecule has 2 nitrogen and oxygen atoms in total. The highest BCUT2D eigenvalue weighted by atomic mass is 32.2. The van der Waals surface area contributed by atoms with E-state index in [-0.39, 0.29) is 0 Å². The van der Waals surface area contributed by atoms with E-state index in [4.69, 9.17) is 0 Å². The predicted octanol–water partition coefficient (Wildman–Crippen LogP) is 3.21. The fourth-order valence-electron chi connectivity index (χ4n) is 3.34. The molecule has 18 heavy (non-hydrogen) atoms. The lowest BCUT2D eigenvalue weighted by atomic mass is 9.86. The number of rotatable bonds is 2. The van der Waals surface area contributed by atoms with Crippen molar-refractivity contribution < 1.29 is 5.11 Å². The van der Waals surface area contributed by atoms with Gasteiger partial charge in [-0.2, -0.15) is 11.8 Å². The van der Waals surface area contributed by atoms with Gasteiger partial charge in [-0.15, -0.1) is 0 Å². The first-order valence-corrected chi connectivity index (χ1v) is 8.02.